The van der Waals surface area contributed by atoms with Crippen molar-refractivity contribution in [3.8, 4) is 17.1 Å². The first kappa shape index (κ1) is 17.7. The van der Waals surface area contributed by atoms with E-state index in [0.717, 1.165) is 35.1 Å². The molecule has 0 amide bonds. The van der Waals surface area contributed by atoms with Gasteiger partial charge in [-0.25, -0.2) is 0 Å². The van der Waals surface area contributed by atoms with Crippen LogP contribution in [0.15, 0.2) is 53.9 Å². The Hall–Kier alpha value is -2.67. The molecule has 0 aliphatic heterocycles. The average molecular weight is 380 g/mol. The van der Waals surface area contributed by atoms with Gasteiger partial charge in [-0.15, -0.1) is 10.2 Å². The predicted octanol–water partition coefficient (Wildman–Crippen LogP) is 4.05. The summed E-state index contributed by atoms with van der Waals surface area (Å²) < 4.78 is 8.05. The van der Waals surface area contributed by atoms with Crippen molar-refractivity contribution >= 4 is 17.5 Å². The third-order valence-electron chi connectivity index (χ3n) is 4.35. The molecule has 0 unspecified atom stereocenters. The highest BCUT2D eigenvalue weighted by atomic mass is 32.2. The Morgan fingerprint density at radius 1 is 1.19 bits per heavy atom. The lowest BCUT2D eigenvalue weighted by molar-refractivity contribution is 0.101. The van der Waals surface area contributed by atoms with Crippen molar-refractivity contribution in [1.29, 1.82) is 0 Å². The van der Waals surface area contributed by atoms with Crippen LogP contribution in [0.3, 0.4) is 0 Å². The maximum Gasteiger partial charge on any atom is 0.191 e. The molecule has 7 heteroatoms. The largest absolute Gasteiger partial charge is 0.492 e. The summed E-state index contributed by atoms with van der Waals surface area (Å²) in [4.78, 5) is 15.7. The Kier molecular flexibility index (Phi) is 5.20. The van der Waals surface area contributed by atoms with Crippen molar-refractivity contribution < 1.29 is 9.53 Å². The van der Waals surface area contributed by atoms with Crippen molar-refractivity contribution in [2.24, 2.45) is 0 Å². The molecule has 2 aromatic heterocycles. The average Bonchev–Trinajstić information content (AvgIpc) is 3.45. The van der Waals surface area contributed by atoms with Gasteiger partial charge in [-0.3, -0.25) is 14.3 Å². The topological polar surface area (TPSA) is 69.9 Å². The molecule has 27 heavy (non-hydrogen) atoms. The van der Waals surface area contributed by atoms with E-state index in [1.54, 1.807) is 37.1 Å². The van der Waals surface area contributed by atoms with E-state index in [-0.39, 0.29) is 5.78 Å². The number of ketones is 1. The number of Topliss-reactive ketones (excluding diaryl/α,β-unsaturated/α-hetero) is 1. The third kappa shape index (κ3) is 4.03. The first-order valence-electron chi connectivity index (χ1n) is 8.95. The molecule has 4 rings (SSSR count). The van der Waals surface area contributed by atoms with E-state index in [1.165, 1.54) is 0 Å². The van der Waals surface area contributed by atoms with Gasteiger partial charge in [-0.2, -0.15) is 0 Å². The maximum atomic E-state index is 11.7. The van der Waals surface area contributed by atoms with E-state index >= 15 is 0 Å². The summed E-state index contributed by atoms with van der Waals surface area (Å²) in [5, 5.41) is 9.70. The Morgan fingerprint density at radius 2 is 1.96 bits per heavy atom. The fraction of sp³-hybridized carbons (Fsp3) is 0.300. The second kappa shape index (κ2) is 7.92. The van der Waals surface area contributed by atoms with E-state index in [9.17, 15) is 4.79 Å². The van der Waals surface area contributed by atoms with Crippen molar-refractivity contribution in [3.63, 3.8) is 0 Å². The molecular formula is C20H20N4O2S. The smallest absolute Gasteiger partial charge is 0.191 e. The molecule has 0 radical (unpaired) electrons. The highest BCUT2D eigenvalue weighted by Crippen LogP contribution is 2.40. The zero-order chi connectivity index (χ0) is 18.6. The molecule has 1 saturated carbocycles. The summed E-state index contributed by atoms with van der Waals surface area (Å²) in [6.45, 7) is 2.05. The summed E-state index contributed by atoms with van der Waals surface area (Å²) >= 11 is 1.63. The zero-order valence-corrected chi connectivity index (χ0v) is 15.9. The van der Waals surface area contributed by atoms with E-state index in [2.05, 4.69) is 19.7 Å². The number of para-hydroxylation sites is 1. The number of ether oxygens (including phenoxy) is 1. The minimum Gasteiger partial charge on any atom is -0.492 e. The van der Waals surface area contributed by atoms with Crippen LogP contribution in [0.2, 0.25) is 0 Å². The zero-order valence-electron chi connectivity index (χ0n) is 15.0. The van der Waals surface area contributed by atoms with Crippen LogP contribution in [-0.4, -0.2) is 37.9 Å². The van der Waals surface area contributed by atoms with Gasteiger partial charge in [-0.05, 0) is 44.0 Å². The molecule has 1 fully saturated rings. The Balaban J connectivity index is 1.42. The summed E-state index contributed by atoms with van der Waals surface area (Å²) in [5.74, 6) is 2.26. The Labute approximate surface area is 162 Å². The standard InChI is InChI=1S/C20H20N4O2S/c1-14(25)17-4-2-3-5-18(17)26-12-13-27-20-23-22-19(24(20)16-6-7-16)15-8-10-21-11-9-15/h2-5,8-11,16H,6-7,12-13H2,1H3. The van der Waals surface area contributed by atoms with Crippen molar-refractivity contribution in [1.82, 2.24) is 19.7 Å². The van der Waals surface area contributed by atoms with Crippen LogP contribution in [-0.2, 0) is 0 Å². The summed E-state index contributed by atoms with van der Waals surface area (Å²) in [6.07, 6.45) is 5.86. The fourth-order valence-corrected chi connectivity index (χ4v) is 3.73. The van der Waals surface area contributed by atoms with Gasteiger partial charge in [0.15, 0.2) is 16.8 Å². The third-order valence-corrected chi connectivity index (χ3v) is 5.26. The fourth-order valence-electron chi connectivity index (χ4n) is 2.90. The molecule has 2 heterocycles. The van der Waals surface area contributed by atoms with Crippen LogP contribution < -0.4 is 4.74 Å². The van der Waals surface area contributed by atoms with Crippen LogP contribution in [0.25, 0.3) is 11.4 Å². The number of hydrogen-bond acceptors (Lipinski definition) is 6. The molecule has 0 spiro atoms. The van der Waals surface area contributed by atoms with E-state index in [0.29, 0.717) is 24.0 Å². The van der Waals surface area contributed by atoms with E-state index in [1.807, 2.05) is 30.3 Å². The maximum absolute atomic E-state index is 11.7. The molecule has 0 bridgehead atoms. The molecule has 0 N–H and O–H groups in total. The number of rotatable bonds is 8. The number of carbonyl (C=O) groups excluding carboxylic acids is 1. The molecule has 6 nitrogen and oxygen atoms in total. The van der Waals surface area contributed by atoms with Crippen LogP contribution in [0.1, 0.15) is 36.2 Å². The van der Waals surface area contributed by atoms with Gasteiger partial charge >= 0.3 is 0 Å². The number of benzene rings is 1. The number of thioether (sulfide) groups is 1. The summed E-state index contributed by atoms with van der Waals surface area (Å²) in [5.41, 5.74) is 1.64. The number of nitrogens with zero attached hydrogens (tertiary/aromatic N) is 4. The molecule has 3 aromatic rings. The van der Waals surface area contributed by atoms with E-state index < -0.39 is 0 Å². The molecule has 0 atom stereocenters. The quantitative estimate of drug-likeness (QED) is 0.334. The molecular weight excluding hydrogens is 360 g/mol. The first-order chi connectivity index (χ1) is 13.2. The number of aromatic nitrogens is 4. The normalized spacial score (nSPS) is 13.5. The van der Waals surface area contributed by atoms with Gasteiger partial charge in [0.2, 0.25) is 0 Å². The minimum atomic E-state index is 0.00808. The second-order valence-electron chi connectivity index (χ2n) is 6.39. The van der Waals surface area contributed by atoms with Crippen LogP contribution in [0.5, 0.6) is 5.75 Å². The second-order valence-corrected chi connectivity index (χ2v) is 7.45. The van der Waals surface area contributed by atoms with Gasteiger partial charge in [0.25, 0.3) is 0 Å². The van der Waals surface area contributed by atoms with Gasteiger partial charge in [0, 0.05) is 29.8 Å². The van der Waals surface area contributed by atoms with Crippen molar-refractivity contribution in [2.75, 3.05) is 12.4 Å². The number of pyridine rings is 1. The lowest BCUT2D eigenvalue weighted by Gasteiger charge is -2.10. The first-order valence-corrected chi connectivity index (χ1v) is 9.93. The lowest BCUT2D eigenvalue weighted by Crippen LogP contribution is -2.06. The predicted molar refractivity (Wildman–Crippen MR) is 104 cm³/mol. The van der Waals surface area contributed by atoms with Crippen molar-refractivity contribution in [3.05, 3.63) is 54.4 Å². The van der Waals surface area contributed by atoms with Gasteiger partial charge in [-0.1, -0.05) is 23.9 Å². The van der Waals surface area contributed by atoms with Gasteiger partial charge < -0.3 is 4.74 Å². The molecule has 138 valence electrons. The molecule has 1 aliphatic rings. The Bertz CT molecular complexity index is 938. The summed E-state index contributed by atoms with van der Waals surface area (Å²) in [7, 11) is 0. The number of hydrogen-bond donors (Lipinski definition) is 0. The highest BCUT2D eigenvalue weighted by Gasteiger charge is 2.30. The molecule has 1 aliphatic carbocycles. The van der Waals surface area contributed by atoms with E-state index in [4.69, 9.17) is 4.74 Å². The highest BCUT2D eigenvalue weighted by molar-refractivity contribution is 7.99. The molecule has 1 aromatic carbocycles. The lowest BCUT2D eigenvalue weighted by atomic mass is 10.1. The Morgan fingerprint density at radius 3 is 2.70 bits per heavy atom. The number of carbonyl (C=O) groups is 1. The van der Waals surface area contributed by atoms with Crippen molar-refractivity contribution in [2.45, 2.75) is 31.0 Å². The molecule has 0 saturated heterocycles. The minimum absolute atomic E-state index is 0.00808. The monoisotopic (exact) mass is 380 g/mol. The van der Waals surface area contributed by atoms with Crippen LogP contribution in [0, 0.1) is 0 Å². The SMILES string of the molecule is CC(=O)c1ccccc1OCCSc1nnc(-c2ccncc2)n1C1CC1. The van der Waals surface area contributed by atoms with Gasteiger partial charge in [0.05, 0.1) is 12.2 Å². The van der Waals surface area contributed by atoms with Crippen LogP contribution >= 0.6 is 11.8 Å². The van der Waals surface area contributed by atoms with Gasteiger partial charge in [0.1, 0.15) is 5.75 Å². The van der Waals surface area contributed by atoms with Crippen LogP contribution in [0.4, 0.5) is 0 Å². The summed E-state index contributed by atoms with van der Waals surface area (Å²) in [6, 6.07) is 11.7.